The van der Waals surface area contributed by atoms with Crippen LogP contribution in [-0.4, -0.2) is 42.5 Å². The lowest BCUT2D eigenvalue weighted by atomic mass is 10.1. The predicted octanol–water partition coefficient (Wildman–Crippen LogP) is 4.45. The minimum atomic E-state index is -4.25. The zero-order valence-corrected chi connectivity index (χ0v) is 21.8. The van der Waals surface area contributed by atoms with Gasteiger partial charge in [-0.2, -0.15) is 9.65 Å². The summed E-state index contributed by atoms with van der Waals surface area (Å²) in [6, 6.07) is 14.1. The number of nitrogens with one attached hydrogen (secondary N) is 3. The standard InChI is InChI=1S/C27H23F2N7O3S/c28-24-22(36-40(37,38)19-7-5-17(15-30)6-8-19)9-10-23(25(24)29)39-26-20(4-2-13-32-26)21-11-14-33-27(35-21)34-18-3-1-12-31-16-18/h2,4-11,13-14,18,31,36H,1,3,12,16H2,(H,33,34,35). The molecule has 40 heavy (non-hydrogen) atoms. The lowest BCUT2D eigenvalue weighted by molar-refractivity contribution is 0.407. The van der Waals surface area contributed by atoms with E-state index < -0.39 is 33.1 Å². The van der Waals surface area contributed by atoms with Gasteiger partial charge in [-0.05, 0) is 74.0 Å². The van der Waals surface area contributed by atoms with E-state index in [9.17, 15) is 12.8 Å². The van der Waals surface area contributed by atoms with Gasteiger partial charge in [-0.15, -0.1) is 0 Å². The fraction of sp³-hybridized carbons (Fsp3) is 0.185. The van der Waals surface area contributed by atoms with Gasteiger partial charge in [-0.25, -0.2) is 27.8 Å². The molecular formula is C27H23F2N7O3S. The van der Waals surface area contributed by atoms with Crippen LogP contribution in [-0.2, 0) is 10.0 Å². The lowest BCUT2D eigenvalue weighted by Crippen LogP contribution is -2.38. The zero-order chi connectivity index (χ0) is 28.1. The molecule has 1 aliphatic heterocycles. The Hall–Kier alpha value is -4.67. The van der Waals surface area contributed by atoms with E-state index in [1.54, 1.807) is 24.4 Å². The van der Waals surface area contributed by atoms with Crippen LogP contribution in [0.4, 0.5) is 20.4 Å². The molecule has 0 spiro atoms. The molecular weight excluding hydrogens is 540 g/mol. The van der Waals surface area contributed by atoms with Crippen LogP contribution in [0.15, 0.2) is 71.9 Å². The first-order valence-electron chi connectivity index (χ1n) is 12.3. The van der Waals surface area contributed by atoms with Gasteiger partial charge in [0, 0.05) is 25.0 Å². The van der Waals surface area contributed by atoms with Crippen LogP contribution in [0.1, 0.15) is 18.4 Å². The summed E-state index contributed by atoms with van der Waals surface area (Å²) in [6.07, 6.45) is 5.02. The molecule has 2 aromatic heterocycles. The SMILES string of the molecule is N#Cc1ccc(S(=O)(=O)Nc2ccc(Oc3ncccc3-c3ccnc(NC4CCCNC4)n3)c(F)c2F)cc1. The summed E-state index contributed by atoms with van der Waals surface area (Å²) in [7, 11) is -4.25. The molecule has 10 nitrogen and oxygen atoms in total. The summed E-state index contributed by atoms with van der Waals surface area (Å²) in [5.41, 5.74) is 0.513. The minimum absolute atomic E-state index is 0.0318. The third-order valence-corrected chi connectivity index (χ3v) is 7.51. The molecule has 1 aliphatic rings. The second-order valence-electron chi connectivity index (χ2n) is 8.89. The summed E-state index contributed by atoms with van der Waals surface area (Å²) in [6.45, 7) is 1.76. The number of piperidine rings is 1. The van der Waals surface area contributed by atoms with E-state index in [0.717, 1.165) is 38.1 Å². The van der Waals surface area contributed by atoms with Crippen molar-refractivity contribution < 1.29 is 21.9 Å². The predicted molar refractivity (Wildman–Crippen MR) is 143 cm³/mol. The van der Waals surface area contributed by atoms with E-state index in [1.807, 2.05) is 10.8 Å². The molecule has 4 aromatic rings. The minimum Gasteiger partial charge on any atom is -0.435 e. The number of halogens is 2. The highest BCUT2D eigenvalue weighted by atomic mass is 32.2. The maximum atomic E-state index is 15.0. The van der Waals surface area contributed by atoms with E-state index in [-0.39, 0.29) is 22.4 Å². The topological polar surface area (TPSA) is 142 Å². The van der Waals surface area contributed by atoms with Crippen LogP contribution >= 0.6 is 0 Å². The molecule has 3 N–H and O–H groups in total. The van der Waals surface area contributed by atoms with Crippen molar-refractivity contribution in [3.05, 3.63) is 84.2 Å². The van der Waals surface area contributed by atoms with Crippen molar-refractivity contribution in [1.82, 2.24) is 20.3 Å². The van der Waals surface area contributed by atoms with Crippen LogP contribution in [0.2, 0.25) is 0 Å². The molecule has 2 aromatic carbocycles. The molecule has 1 fully saturated rings. The Balaban J connectivity index is 1.37. The van der Waals surface area contributed by atoms with Crippen molar-refractivity contribution in [2.45, 2.75) is 23.8 Å². The molecule has 1 saturated heterocycles. The highest BCUT2D eigenvalue weighted by Crippen LogP contribution is 2.34. The average Bonchev–Trinajstić information content (AvgIpc) is 2.98. The van der Waals surface area contributed by atoms with Crippen molar-refractivity contribution in [2.24, 2.45) is 0 Å². The highest BCUT2D eigenvalue weighted by Gasteiger charge is 2.22. The molecule has 0 saturated carbocycles. The Morgan fingerprint density at radius 3 is 2.60 bits per heavy atom. The Morgan fingerprint density at radius 1 is 1.02 bits per heavy atom. The van der Waals surface area contributed by atoms with E-state index in [4.69, 9.17) is 10.00 Å². The number of benzene rings is 2. The molecule has 13 heteroatoms. The first-order valence-corrected chi connectivity index (χ1v) is 13.8. The summed E-state index contributed by atoms with van der Waals surface area (Å²) in [5, 5.41) is 15.5. The van der Waals surface area contributed by atoms with Gasteiger partial charge >= 0.3 is 0 Å². The first-order chi connectivity index (χ1) is 19.3. The summed E-state index contributed by atoms with van der Waals surface area (Å²) < 4.78 is 63.0. The van der Waals surface area contributed by atoms with Crippen molar-refractivity contribution in [3.8, 4) is 29.0 Å². The van der Waals surface area contributed by atoms with E-state index >= 15 is 4.39 Å². The fourth-order valence-corrected chi connectivity index (χ4v) is 5.17. The Bertz CT molecular complexity index is 1670. The number of pyridine rings is 1. The van der Waals surface area contributed by atoms with Gasteiger partial charge < -0.3 is 15.4 Å². The number of nitrogens with zero attached hydrogens (tertiary/aromatic N) is 4. The van der Waals surface area contributed by atoms with Crippen molar-refractivity contribution in [1.29, 1.82) is 5.26 Å². The van der Waals surface area contributed by atoms with Gasteiger partial charge in [0.2, 0.25) is 17.6 Å². The van der Waals surface area contributed by atoms with Crippen molar-refractivity contribution >= 4 is 21.7 Å². The number of sulfonamides is 1. The van der Waals surface area contributed by atoms with Crippen LogP contribution in [0.25, 0.3) is 11.3 Å². The Morgan fingerprint density at radius 2 is 1.85 bits per heavy atom. The molecule has 204 valence electrons. The van der Waals surface area contributed by atoms with Crippen molar-refractivity contribution in [3.63, 3.8) is 0 Å². The molecule has 0 aliphatic carbocycles. The third kappa shape index (κ3) is 5.98. The number of hydrogen-bond donors (Lipinski definition) is 3. The Labute approximate surface area is 229 Å². The van der Waals surface area contributed by atoms with Crippen molar-refractivity contribution in [2.75, 3.05) is 23.1 Å². The summed E-state index contributed by atoms with van der Waals surface area (Å²) in [5.74, 6) is -2.99. The number of anilines is 2. The maximum absolute atomic E-state index is 15.0. The zero-order valence-electron chi connectivity index (χ0n) is 20.9. The van der Waals surface area contributed by atoms with E-state index in [2.05, 4.69) is 25.6 Å². The van der Waals surface area contributed by atoms with E-state index in [1.165, 1.54) is 30.5 Å². The molecule has 3 heterocycles. The smallest absolute Gasteiger partial charge is 0.261 e. The molecule has 0 amide bonds. The molecule has 1 unspecified atom stereocenters. The maximum Gasteiger partial charge on any atom is 0.261 e. The van der Waals surface area contributed by atoms with Crippen LogP contribution in [0.5, 0.6) is 11.6 Å². The molecule has 5 rings (SSSR count). The second-order valence-corrected chi connectivity index (χ2v) is 10.6. The first kappa shape index (κ1) is 26.9. The van der Waals surface area contributed by atoms with Gasteiger partial charge in [0.15, 0.2) is 11.6 Å². The van der Waals surface area contributed by atoms with Gasteiger partial charge in [0.05, 0.1) is 33.5 Å². The number of hydrogen-bond acceptors (Lipinski definition) is 9. The fourth-order valence-electron chi connectivity index (χ4n) is 4.11. The number of nitriles is 1. The number of aromatic nitrogens is 3. The quantitative estimate of drug-likeness (QED) is 0.283. The lowest BCUT2D eigenvalue weighted by Gasteiger charge is -2.23. The number of rotatable bonds is 8. The van der Waals surface area contributed by atoms with Crippen LogP contribution < -0.4 is 20.1 Å². The molecule has 1 atom stereocenters. The summed E-state index contributed by atoms with van der Waals surface area (Å²) in [4.78, 5) is 12.8. The average molecular weight is 564 g/mol. The van der Waals surface area contributed by atoms with Gasteiger partial charge in [-0.1, -0.05) is 0 Å². The highest BCUT2D eigenvalue weighted by molar-refractivity contribution is 7.92. The summed E-state index contributed by atoms with van der Waals surface area (Å²) >= 11 is 0. The monoisotopic (exact) mass is 563 g/mol. The van der Waals surface area contributed by atoms with E-state index in [0.29, 0.717) is 17.2 Å². The largest absolute Gasteiger partial charge is 0.435 e. The normalized spacial score (nSPS) is 15.2. The number of ether oxygens (including phenoxy) is 1. The van der Waals surface area contributed by atoms with Gasteiger partial charge in [0.1, 0.15) is 0 Å². The van der Waals surface area contributed by atoms with Crippen LogP contribution in [0, 0.1) is 23.0 Å². The molecule has 0 bridgehead atoms. The van der Waals surface area contributed by atoms with Crippen LogP contribution in [0.3, 0.4) is 0 Å². The second kappa shape index (κ2) is 11.6. The molecule has 0 radical (unpaired) electrons. The van der Waals surface area contributed by atoms with Gasteiger partial charge in [-0.3, -0.25) is 4.72 Å². The third-order valence-electron chi connectivity index (χ3n) is 6.12. The Kier molecular flexibility index (Phi) is 7.81. The van der Waals surface area contributed by atoms with Gasteiger partial charge in [0.25, 0.3) is 10.0 Å².